The summed E-state index contributed by atoms with van der Waals surface area (Å²) in [5.74, 6) is -0.726. The maximum atomic E-state index is 13.0. The van der Waals surface area contributed by atoms with Crippen LogP contribution in [-0.2, 0) is 4.74 Å². The van der Waals surface area contributed by atoms with Crippen LogP contribution in [0.3, 0.4) is 0 Å². The Morgan fingerprint density at radius 1 is 1.42 bits per heavy atom. The second-order valence-corrected chi connectivity index (χ2v) is 3.95. The zero-order valence-electron chi connectivity index (χ0n) is 9.97. The van der Waals surface area contributed by atoms with Crippen LogP contribution in [0.5, 0.6) is 0 Å². The number of carbonyl (C=O) groups excluding carboxylic acids is 1. The van der Waals surface area contributed by atoms with Gasteiger partial charge in [-0.15, -0.1) is 0 Å². The van der Waals surface area contributed by atoms with Gasteiger partial charge < -0.3 is 15.0 Å². The molecule has 0 saturated carbocycles. The molecule has 0 spiro atoms. The number of rotatable bonds is 2. The van der Waals surface area contributed by atoms with Crippen molar-refractivity contribution in [3.05, 3.63) is 34.1 Å². The first kappa shape index (κ1) is 13.2. The second kappa shape index (κ2) is 5.61. The van der Waals surface area contributed by atoms with Crippen LogP contribution >= 0.6 is 0 Å². The summed E-state index contributed by atoms with van der Waals surface area (Å²) >= 11 is 0. The topological polar surface area (TPSA) is 84.7 Å². The lowest BCUT2D eigenvalue weighted by Gasteiger charge is -2.26. The lowest BCUT2D eigenvalue weighted by molar-refractivity contribution is -0.384. The quantitative estimate of drug-likeness (QED) is 0.652. The van der Waals surface area contributed by atoms with E-state index in [1.165, 1.54) is 11.0 Å². The van der Waals surface area contributed by atoms with Gasteiger partial charge >= 0.3 is 6.03 Å². The van der Waals surface area contributed by atoms with Crippen molar-refractivity contribution >= 4 is 17.4 Å². The van der Waals surface area contributed by atoms with Crippen LogP contribution in [-0.4, -0.2) is 42.2 Å². The number of nitro benzene ring substituents is 1. The van der Waals surface area contributed by atoms with Crippen LogP contribution in [0.25, 0.3) is 0 Å². The number of nitro groups is 1. The summed E-state index contributed by atoms with van der Waals surface area (Å²) in [6.07, 6.45) is 0. The van der Waals surface area contributed by atoms with Gasteiger partial charge in [-0.1, -0.05) is 0 Å². The van der Waals surface area contributed by atoms with Gasteiger partial charge in [-0.05, 0) is 12.1 Å². The number of hydrogen-bond acceptors (Lipinski definition) is 4. The zero-order chi connectivity index (χ0) is 13.8. The molecule has 7 nitrogen and oxygen atoms in total. The van der Waals surface area contributed by atoms with E-state index in [1.807, 2.05) is 0 Å². The standard InChI is InChI=1S/C11H12FN3O4/c12-8-1-2-9(10(7-8)15(17)18)13-11(16)14-3-5-19-6-4-14/h1-2,7H,3-6H2,(H,13,16). The maximum absolute atomic E-state index is 13.0. The molecule has 1 aromatic rings. The Morgan fingerprint density at radius 2 is 2.11 bits per heavy atom. The van der Waals surface area contributed by atoms with Crippen LogP contribution in [0, 0.1) is 15.9 Å². The van der Waals surface area contributed by atoms with Gasteiger partial charge in [0.1, 0.15) is 11.5 Å². The molecule has 1 fully saturated rings. The lowest BCUT2D eigenvalue weighted by atomic mass is 10.2. The minimum absolute atomic E-state index is 0.0251. The van der Waals surface area contributed by atoms with E-state index in [0.717, 1.165) is 12.1 Å². The SMILES string of the molecule is O=C(Nc1ccc(F)cc1[N+](=O)[O-])N1CCOCC1. The summed E-state index contributed by atoms with van der Waals surface area (Å²) in [6, 6.07) is 2.54. The van der Waals surface area contributed by atoms with Crippen molar-refractivity contribution in [1.82, 2.24) is 4.90 Å². The summed E-state index contributed by atoms with van der Waals surface area (Å²) < 4.78 is 18.1. The summed E-state index contributed by atoms with van der Waals surface area (Å²) in [5, 5.41) is 13.2. The number of nitrogens with zero attached hydrogens (tertiary/aromatic N) is 2. The Bertz CT molecular complexity index is 503. The van der Waals surface area contributed by atoms with E-state index < -0.39 is 22.5 Å². The normalized spacial score (nSPS) is 15.1. The average molecular weight is 269 g/mol. The summed E-state index contributed by atoms with van der Waals surface area (Å²) in [4.78, 5) is 23.4. The molecule has 102 valence electrons. The van der Waals surface area contributed by atoms with E-state index >= 15 is 0 Å². The second-order valence-electron chi connectivity index (χ2n) is 3.95. The maximum Gasteiger partial charge on any atom is 0.322 e. The van der Waals surface area contributed by atoms with E-state index in [2.05, 4.69) is 5.32 Å². The number of amides is 2. The molecule has 8 heteroatoms. The van der Waals surface area contributed by atoms with Gasteiger partial charge in [-0.25, -0.2) is 9.18 Å². The highest BCUT2D eigenvalue weighted by Gasteiger charge is 2.21. The number of hydrogen-bond donors (Lipinski definition) is 1. The lowest BCUT2D eigenvalue weighted by Crippen LogP contribution is -2.43. The van der Waals surface area contributed by atoms with Gasteiger partial charge in [0.25, 0.3) is 5.69 Å². The van der Waals surface area contributed by atoms with Crippen LogP contribution in [0.1, 0.15) is 0 Å². The van der Waals surface area contributed by atoms with Crippen molar-refractivity contribution in [3.63, 3.8) is 0 Å². The fraction of sp³-hybridized carbons (Fsp3) is 0.364. The summed E-state index contributed by atoms with van der Waals surface area (Å²) in [7, 11) is 0. The molecule has 0 radical (unpaired) electrons. The van der Waals surface area contributed by atoms with Gasteiger partial charge in [-0.2, -0.15) is 0 Å². The molecule has 2 amide bonds. The molecule has 0 atom stereocenters. The largest absolute Gasteiger partial charge is 0.378 e. The summed E-state index contributed by atoms with van der Waals surface area (Å²) in [5.41, 5.74) is -0.496. The van der Waals surface area contributed by atoms with E-state index in [1.54, 1.807) is 0 Å². The molecule has 1 aromatic carbocycles. The molecular formula is C11H12FN3O4. The molecular weight excluding hydrogens is 257 g/mol. The Morgan fingerprint density at radius 3 is 2.74 bits per heavy atom. The first-order chi connectivity index (χ1) is 9.08. The number of morpholine rings is 1. The molecule has 0 aromatic heterocycles. The predicted molar refractivity (Wildman–Crippen MR) is 64.5 cm³/mol. The predicted octanol–water partition coefficient (Wildman–Crippen LogP) is 1.60. The number of carbonyl (C=O) groups is 1. The number of ether oxygens (including phenoxy) is 1. The third-order valence-corrected chi connectivity index (χ3v) is 2.70. The van der Waals surface area contributed by atoms with Crippen LogP contribution in [0.15, 0.2) is 18.2 Å². The fourth-order valence-corrected chi connectivity index (χ4v) is 1.72. The minimum atomic E-state index is -0.738. The van der Waals surface area contributed by atoms with E-state index in [0.29, 0.717) is 26.3 Å². The van der Waals surface area contributed by atoms with Crippen molar-refractivity contribution in [1.29, 1.82) is 0 Å². The molecule has 0 bridgehead atoms. The molecule has 1 aliphatic heterocycles. The Hall–Kier alpha value is -2.22. The molecule has 1 saturated heterocycles. The van der Waals surface area contributed by atoms with Gasteiger partial charge in [0.05, 0.1) is 24.2 Å². The summed E-state index contributed by atoms with van der Waals surface area (Å²) in [6.45, 7) is 1.69. The van der Waals surface area contributed by atoms with Gasteiger partial charge in [-0.3, -0.25) is 10.1 Å². The minimum Gasteiger partial charge on any atom is -0.378 e. The Kier molecular flexibility index (Phi) is 3.91. The van der Waals surface area contributed by atoms with Crippen molar-refractivity contribution in [2.24, 2.45) is 0 Å². The van der Waals surface area contributed by atoms with Crippen molar-refractivity contribution in [2.75, 3.05) is 31.6 Å². The highest BCUT2D eigenvalue weighted by atomic mass is 19.1. The van der Waals surface area contributed by atoms with E-state index in [4.69, 9.17) is 4.74 Å². The number of benzene rings is 1. The smallest absolute Gasteiger partial charge is 0.322 e. The van der Waals surface area contributed by atoms with Crippen LogP contribution < -0.4 is 5.32 Å². The van der Waals surface area contributed by atoms with Gasteiger partial charge in [0.15, 0.2) is 0 Å². The fourth-order valence-electron chi connectivity index (χ4n) is 1.72. The molecule has 1 aliphatic rings. The Labute approximate surface area is 108 Å². The Balaban J connectivity index is 2.13. The van der Waals surface area contributed by atoms with E-state index in [9.17, 15) is 19.3 Å². The number of anilines is 1. The third-order valence-electron chi connectivity index (χ3n) is 2.70. The molecule has 0 unspecified atom stereocenters. The first-order valence-electron chi connectivity index (χ1n) is 5.65. The van der Waals surface area contributed by atoms with E-state index in [-0.39, 0.29) is 5.69 Å². The number of nitrogens with one attached hydrogen (secondary N) is 1. The molecule has 1 N–H and O–H groups in total. The molecule has 1 heterocycles. The van der Waals surface area contributed by atoms with Crippen molar-refractivity contribution < 1.29 is 18.8 Å². The third kappa shape index (κ3) is 3.16. The van der Waals surface area contributed by atoms with Crippen molar-refractivity contribution in [2.45, 2.75) is 0 Å². The zero-order valence-corrected chi connectivity index (χ0v) is 9.97. The van der Waals surface area contributed by atoms with Gasteiger partial charge in [0.2, 0.25) is 0 Å². The van der Waals surface area contributed by atoms with Crippen molar-refractivity contribution in [3.8, 4) is 0 Å². The highest BCUT2D eigenvalue weighted by Crippen LogP contribution is 2.25. The molecule has 0 aliphatic carbocycles. The highest BCUT2D eigenvalue weighted by molar-refractivity contribution is 5.91. The van der Waals surface area contributed by atoms with Gasteiger partial charge in [0, 0.05) is 13.1 Å². The average Bonchev–Trinajstić information content (AvgIpc) is 2.41. The first-order valence-corrected chi connectivity index (χ1v) is 5.65. The molecule has 2 rings (SSSR count). The number of halogens is 1. The molecule has 19 heavy (non-hydrogen) atoms. The monoisotopic (exact) mass is 269 g/mol. The van der Waals surface area contributed by atoms with Crippen LogP contribution in [0.2, 0.25) is 0 Å². The number of urea groups is 1. The van der Waals surface area contributed by atoms with Crippen LogP contribution in [0.4, 0.5) is 20.6 Å².